The van der Waals surface area contributed by atoms with E-state index in [9.17, 15) is 4.39 Å². The lowest BCUT2D eigenvalue weighted by Crippen LogP contribution is -2.01. The molecule has 0 aliphatic rings. The van der Waals surface area contributed by atoms with Gasteiger partial charge in [0.05, 0.1) is 12.2 Å². The smallest absolute Gasteiger partial charge is 0.136 e. The monoisotopic (exact) mass is 252 g/mol. The summed E-state index contributed by atoms with van der Waals surface area (Å²) in [4.78, 5) is 0.659. The van der Waals surface area contributed by atoms with Crippen molar-refractivity contribution in [3.63, 3.8) is 0 Å². The van der Waals surface area contributed by atoms with Crippen molar-refractivity contribution in [3.05, 3.63) is 42.0 Å². The molecule has 2 N–H and O–H groups in total. The van der Waals surface area contributed by atoms with E-state index in [0.717, 1.165) is 11.4 Å². The molecule has 0 radical (unpaired) electrons. The summed E-state index contributed by atoms with van der Waals surface area (Å²) in [5.41, 5.74) is 6.20. The van der Waals surface area contributed by atoms with Gasteiger partial charge in [-0.05, 0) is 12.1 Å². The van der Waals surface area contributed by atoms with Gasteiger partial charge in [0.1, 0.15) is 5.82 Å². The first-order chi connectivity index (χ1) is 8.29. The Labute approximate surface area is 103 Å². The van der Waals surface area contributed by atoms with Crippen molar-refractivity contribution in [2.45, 2.75) is 18.0 Å². The van der Waals surface area contributed by atoms with Crippen LogP contribution >= 0.6 is 11.8 Å². The van der Waals surface area contributed by atoms with E-state index in [4.69, 9.17) is 5.73 Å². The molecule has 1 heterocycles. The summed E-state index contributed by atoms with van der Waals surface area (Å²) in [5, 5.41) is 7.80. The van der Waals surface area contributed by atoms with Crippen molar-refractivity contribution in [3.8, 4) is 0 Å². The standard InChI is InChI=1S/C11H13FN4S/c12-10-3-1-2-4-11(10)17-6-5-16-8-9(7-13)14-15-16/h1-4,8H,5-7,13H2. The minimum Gasteiger partial charge on any atom is -0.325 e. The van der Waals surface area contributed by atoms with Crippen LogP contribution in [0.2, 0.25) is 0 Å². The highest BCUT2D eigenvalue weighted by molar-refractivity contribution is 7.99. The quantitative estimate of drug-likeness (QED) is 0.822. The molecule has 0 fully saturated rings. The predicted molar refractivity (Wildman–Crippen MR) is 65.0 cm³/mol. The Morgan fingerprint density at radius 1 is 1.35 bits per heavy atom. The number of hydrogen-bond donors (Lipinski definition) is 1. The van der Waals surface area contributed by atoms with Gasteiger partial charge >= 0.3 is 0 Å². The summed E-state index contributed by atoms with van der Waals surface area (Å²) in [6.07, 6.45) is 1.81. The van der Waals surface area contributed by atoms with Crippen molar-refractivity contribution in [2.24, 2.45) is 5.73 Å². The number of aryl methyl sites for hydroxylation is 1. The van der Waals surface area contributed by atoms with E-state index in [1.165, 1.54) is 17.8 Å². The predicted octanol–water partition coefficient (Wildman–Crippen LogP) is 1.67. The SMILES string of the molecule is NCc1cn(CCSc2ccccc2F)nn1. The highest BCUT2D eigenvalue weighted by atomic mass is 32.2. The molecule has 0 saturated heterocycles. The second kappa shape index (κ2) is 5.79. The first-order valence-corrected chi connectivity index (χ1v) is 6.24. The molecule has 0 unspecified atom stereocenters. The van der Waals surface area contributed by atoms with Crippen LogP contribution < -0.4 is 5.73 Å². The summed E-state index contributed by atoms with van der Waals surface area (Å²) >= 11 is 1.46. The van der Waals surface area contributed by atoms with Gasteiger partial charge < -0.3 is 5.73 Å². The van der Waals surface area contributed by atoms with Crippen LogP contribution in [0.5, 0.6) is 0 Å². The molecule has 2 aromatic rings. The molecule has 0 aliphatic carbocycles. The molecule has 17 heavy (non-hydrogen) atoms. The summed E-state index contributed by atoms with van der Waals surface area (Å²) < 4.78 is 15.0. The van der Waals surface area contributed by atoms with Gasteiger partial charge in [0.25, 0.3) is 0 Å². The number of nitrogens with zero attached hydrogens (tertiary/aromatic N) is 3. The van der Waals surface area contributed by atoms with Crippen LogP contribution in [0.3, 0.4) is 0 Å². The first kappa shape index (κ1) is 12.1. The first-order valence-electron chi connectivity index (χ1n) is 5.26. The van der Waals surface area contributed by atoms with E-state index in [1.807, 2.05) is 12.3 Å². The summed E-state index contributed by atoms with van der Waals surface area (Å²) in [6.45, 7) is 1.08. The normalized spacial score (nSPS) is 10.7. The minimum absolute atomic E-state index is 0.182. The minimum atomic E-state index is -0.182. The summed E-state index contributed by atoms with van der Waals surface area (Å²) in [5.74, 6) is 0.563. The molecule has 1 aromatic heterocycles. The number of nitrogens with two attached hydrogens (primary N) is 1. The molecule has 2 rings (SSSR count). The van der Waals surface area contributed by atoms with Gasteiger partial charge in [-0.3, -0.25) is 4.68 Å². The van der Waals surface area contributed by atoms with Gasteiger partial charge in [0.2, 0.25) is 0 Å². The molecule has 90 valence electrons. The van der Waals surface area contributed by atoms with E-state index in [2.05, 4.69) is 10.3 Å². The Balaban J connectivity index is 1.85. The molecule has 0 spiro atoms. The number of thioether (sulfide) groups is 1. The van der Waals surface area contributed by atoms with Crippen molar-refractivity contribution in [1.29, 1.82) is 0 Å². The van der Waals surface area contributed by atoms with Crippen LogP contribution in [0.1, 0.15) is 5.69 Å². The maximum atomic E-state index is 13.3. The molecule has 0 atom stereocenters. The lowest BCUT2D eigenvalue weighted by atomic mass is 10.3. The average molecular weight is 252 g/mol. The van der Waals surface area contributed by atoms with Gasteiger partial charge in [0.15, 0.2) is 0 Å². The number of halogens is 1. The van der Waals surface area contributed by atoms with E-state index < -0.39 is 0 Å². The summed E-state index contributed by atoms with van der Waals surface area (Å²) in [6, 6.07) is 6.74. The van der Waals surface area contributed by atoms with Crippen molar-refractivity contribution in [1.82, 2.24) is 15.0 Å². The lowest BCUT2D eigenvalue weighted by molar-refractivity contribution is 0.600. The lowest BCUT2D eigenvalue weighted by Gasteiger charge is -2.02. The van der Waals surface area contributed by atoms with E-state index in [0.29, 0.717) is 18.0 Å². The zero-order chi connectivity index (χ0) is 12.1. The van der Waals surface area contributed by atoms with E-state index >= 15 is 0 Å². The third-order valence-corrected chi connectivity index (χ3v) is 3.24. The molecule has 0 bridgehead atoms. The number of rotatable bonds is 5. The fourth-order valence-corrected chi connectivity index (χ4v) is 2.23. The highest BCUT2D eigenvalue weighted by Gasteiger charge is 2.02. The second-order valence-electron chi connectivity index (χ2n) is 3.46. The maximum Gasteiger partial charge on any atom is 0.136 e. The van der Waals surface area contributed by atoms with Crippen molar-refractivity contribution in [2.75, 3.05) is 5.75 Å². The molecule has 0 aliphatic heterocycles. The Bertz CT molecular complexity index is 486. The summed E-state index contributed by atoms with van der Waals surface area (Å²) in [7, 11) is 0. The van der Waals surface area contributed by atoms with Crippen LogP contribution in [0, 0.1) is 5.82 Å². The van der Waals surface area contributed by atoms with E-state index in [-0.39, 0.29) is 5.82 Å². The molecule has 4 nitrogen and oxygen atoms in total. The van der Waals surface area contributed by atoms with Gasteiger partial charge in [-0.15, -0.1) is 16.9 Å². The molecule has 1 aromatic carbocycles. The molecular weight excluding hydrogens is 239 g/mol. The van der Waals surface area contributed by atoms with Gasteiger partial charge in [-0.1, -0.05) is 17.3 Å². The van der Waals surface area contributed by atoms with Gasteiger partial charge in [-0.25, -0.2) is 4.39 Å². The zero-order valence-electron chi connectivity index (χ0n) is 9.21. The number of aromatic nitrogens is 3. The molecular formula is C11H13FN4S. The number of benzene rings is 1. The fraction of sp³-hybridized carbons (Fsp3) is 0.273. The van der Waals surface area contributed by atoms with Crippen LogP contribution in [0.4, 0.5) is 4.39 Å². The Morgan fingerprint density at radius 3 is 2.88 bits per heavy atom. The van der Waals surface area contributed by atoms with Gasteiger partial charge in [-0.2, -0.15) is 0 Å². The number of hydrogen-bond acceptors (Lipinski definition) is 4. The highest BCUT2D eigenvalue weighted by Crippen LogP contribution is 2.20. The van der Waals surface area contributed by atoms with Crippen LogP contribution in [-0.2, 0) is 13.1 Å². The molecule has 0 saturated carbocycles. The van der Waals surface area contributed by atoms with Gasteiger partial charge in [0, 0.05) is 23.4 Å². The average Bonchev–Trinajstić information content (AvgIpc) is 2.80. The molecule has 0 amide bonds. The van der Waals surface area contributed by atoms with Crippen molar-refractivity contribution < 1.29 is 4.39 Å². The topological polar surface area (TPSA) is 56.7 Å². The van der Waals surface area contributed by atoms with Crippen LogP contribution in [-0.4, -0.2) is 20.7 Å². The van der Waals surface area contributed by atoms with Crippen LogP contribution in [0.25, 0.3) is 0 Å². The third-order valence-electron chi connectivity index (χ3n) is 2.21. The van der Waals surface area contributed by atoms with E-state index in [1.54, 1.807) is 16.8 Å². The molecule has 6 heteroatoms. The Hall–Kier alpha value is -1.40. The third kappa shape index (κ3) is 3.28. The Morgan fingerprint density at radius 2 is 2.18 bits per heavy atom. The fourth-order valence-electron chi connectivity index (χ4n) is 1.35. The van der Waals surface area contributed by atoms with Crippen LogP contribution in [0.15, 0.2) is 35.4 Å². The maximum absolute atomic E-state index is 13.3. The van der Waals surface area contributed by atoms with Crippen molar-refractivity contribution >= 4 is 11.8 Å². The largest absolute Gasteiger partial charge is 0.325 e. The zero-order valence-corrected chi connectivity index (χ0v) is 10.0. The Kier molecular flexibility index (Phi) is 4.11. The second-order valence-corrected chi connectivity index (χ2v) is 4.59.